The average molecular weight is 393 g/mol. The van der Waals surface area contributed by atoms with Gasteiger partial charge in [-0.2, -0.15) is 0 Å². The number of sulfone groups is 1. The van der Waals surface area contributed by atoms with Crippen LogP contribution >= 0.6 is 0 Å². The van der Waals surface area contributed by atoms with Crippen LogP contribution in [-0.4, -0.2) is 29.1 Å². The maximum absolute atomic E-state index is 12.6. The molecule has 0 aliphatic rings. The van der Waals surface area contributed by atoms with E-state index in [9.17, 15) is 8.42 Å². The molecule has 0 saturated carbocycles. The normalized spacial score (nSPS) is 12.3. The summed E-state index contributed by atoms with van der Waals surface area (Å²) >= 11 is 0.0524. The van der Waals surface area contributed by atoms with E-state index in [2.05, 4.69) is 25.1 Å². The summed E-state index contributed by atoms with van der Waals surface area (Å²) in [6.07, 6.45) is 5.30. The molecule has 0 spiro atoms. The van der Waals surface area contributed by atoms with Gasteiger partial charge in [0, 0.05) is 0 Å². The number of allylic oxidation sites excluding steroid dienone is 1. The van der Waals surface area contributed by atoms with Crippen molar-refractivity contribution < 1.29 is 8.42 Å². The number of benzene rings is 2. The molecule has 0 aliphatic heterocycles. The predicted molar refractivity (Wildman–Crippen MR) is 97.9 cm³/mol. The Bertz CT molecular complexity index is 722. The van der Waals surface area contributed by atoms with E-state index in [0.717, 1.165) is 23.7 Å². The van der Waals surface area contributed by atoms with Crippen LogP contribution in [0.15, 0.2) is 76.1 Å². The van der Waals surface area contributed by atoms with Crippen LogP contribution in [0.5, 0.6) is 0 Å². The fourth-order valence-corrected chi connectivity index (χ4v) is 6.45. The van der Waals surface area contributed by atoms with Crippen molar-refractivity contribution in [1.82, 2.24) is 0 Å². The Morgan fingerprint density at radius 3 is 2.22 bits per heavy atom. The molecular formula is C19H22O2SSe. The maximum atomic E-state index is 12.6. The van der Waals surface area contributed by atoms with E-state index < -0.39 is 9.84 Å². The Morgan fingerprint density at radius 1 is 1.00 bits per heavy atom. The van der Waals surface area contributed by atoms with E-state index in [1.807, 2.05) is 24.3 Å². The third-order valence-corrected chi connectivity index (χ3v) is 7.72. The van der Waals surface area contributed by atoms with E-state index in [4.69, 9.17) is 0 Å². The second kappa shape index (κ2) is 9.07. The Labute approximate surface area is 145 Å². The molecule has 0 fully saturated rings. The zero-order valence-corrected chi connectivity index (χ0v) is 15.8. The molecule has 2 aromatic rings. The third kappa shape index (κ3) is 5.98. The van der Waals surface area contributed by atoms with Crippen LogP contribution < -0.4 is 4.46 Å². The second-order valence-electron chi connectivity index (χ2n) is 5.30. The van der Waals surface area contributed by atoms with Gasteiger partial charge in [-0.3, -0.25) is 0 Å². The van der Waals surface area contributed by atoms with Crippen LogP contribution in [0.3, 0.4) is 0 Å². The van der Waals surface area contributed by atoms with Crippen molar-refractivity contribution in [2.24, 2.45) is 0 Å². The number of hydrogen-bond donors (Lipinski definition) is 0. The number of rotatable bonds is 8. The monoisotopic (exact) mass is 394 g/mol. The van der Waals surface area contributed by atoms with Crippen molar-refractivity contribution in [3.8, 4) is 0 Å². The topological polar surface area (TPSA) is 34.1 Å². The zero-order valence-electron chi connectivity index (χ0n) is 13.3. The number of unbranched alkanes of at least 4 members (excludes halogenated alkanes) is 2. The van der Waals surface area contributed by atoms with Crippen LogP contribution in [0.1, 0.15) is 26.2 Å². The van der Waals surface area contributed by atoms with Gasteiger partial charge in [-0.05, 0) is 0 Å². The fraction of sp³-hybridized carbons (Fsp3) is 0.263. The van der Waals surface area contributed by atoms with Crippen molar-refractivity contribution in [3.05, 3.63) is 71.2 Å². The molecule has 0 N–H and O–H groups in total. The van der Waals surface area contributed by atoms with Gasteiger partial charge in [0.05, 0.1) is 0 Å². The van der Waals surface area contributed by atoms with Gasteiger partial charge < -0.3 is 0 Å². The van der Waals surface area contributed by atoms with Crippen molar-refractivity contribution in [2.45, 2.75) is 31.1 Å². The summed E-state index contributed by atoms with van der Waals surface area (Å²) in [4.78, 5) is 0.408. The molecule has 2 aromatic carbocycles. The molecule has 0 radical (unpaired) electrons. The SMILES string of the molecule is CCCC/C=C(\CS(=O)(=O)c1ccccc1)[Se]c1ccccc1. The molecule has 23 heavy (non-hydrogen) atoms. The van der Waals surface area contributed by atoms with Crippen LogP contribution in [0.25, 0.3) is 0 Å². The summed E-state index contributed by atoms with van der Waals surface area (Å²) in [5, 5.41) is 0. The molecule has 122 valence electrons. The van der Waals surface area contributed by atoms with E-state index in [1.54, 1.807) is 24.3 Å². The minimum atomic E-state index is -3.27. The Hall–Kier alpha value is -1.35. The summed E-state index contributed by atoms with van der Waals surface area (Å²) in [5.41, 5.74) is 0. The Morgan fingerprint density at radius 2 is 1.61 bits per heavy atom. The molecule has 0 amide bonds. The van der Waals surface area contributed by atoms with Crippen LogP contribution in [0.4, 0.5) is 0 Å². The molecule has 0 aliphatic carbocycles. The van der Waals surface area contributed by atoms with E-state index >= 15 is 0 Å². The first-order valence-electron chi connectivity index (χ1n) is 7.81. The van der Waals surface area contributed by atoms with Gasteiger partial charge in [0.1, 0.15) is 0 Å². The second-order valence-corrected chi connectivity index (χ2v) is 9.81. The van der Waals surface area contributed by atoms with Gasteiger partial charge in [-0.15, -0.1) is 0 Å². The van der Waals surface area contributed by atoms with Crippen LogP contribution in [0, 0.1) is 0 Å². The predicted octanol–water partition coefficient (Wildman–Crippen LogP) is 3.56. The third-order valence-electron chi connectivity index (χ3n) is 3.36. The van der Waals surface area contributed by atoms with Gasteiger partial charge in [-0.1, -0.05) is 0 Å². The summed E-state index contributed by atoms with van der Waals surface area (Å²) in [7, 11) is -3.27. The number of hydrogen-bond acceptors (Lipinski definition) is 2. The molecule has 0 atom stereocenters. The first kappa shape index (κ1) is 18.0. The molecule has 0 heterocycles. The first-order valence-corrected chi connectivity index (χ1v) is 11.2. The van der Waals surface area contributed by atoms with Gasteiger partial charge in [0.25, 0.3) is 0 Å². The van der Waals surface area contributed by atoms with Crippen molar-refractivity contribution in [2.75, 3.05) is 5.75 Å². The van der Waals surface area contributed by atoms with Gasteiger partial charge >= 0.3 is 146 Å². The van der Waals surface area contributed by atoms with Gasteiger partial charge in [0.15, 0.2) is 0 Å². The van der Waals surface area contributed by atoms with Crippen LogP contribution in [0.2, 0.25) is 0 Å². The zero-order chi connectivity index (χ0) is 16.5. The van der Waals surface area contributed by atoms with E-state index in [0.29, 0.717) is 4.90 Å². The van der Waals surface area contributed by atoms with Gasteiger partial charge in [-0.25, -0.2) is 0 Å². The average Bonchev–Trinajstić information content (AvgIpc) is 2.56. The van der Waals surface area contributed by atoms with Crippen molar-refractivity contribution in [3.63, 3.8) is 0 Å². The molecule has 0 unspecified atom stereocenters. The van der Waals surface area contributed by atoms with Crippen LogP contribution in [-0.2, 0) is 9.84 Å². The Balaban J connectivity index is 2.19. The first-order chi connectivity index (χ1) is 11.1. The van der Waals surface area contributed by atoms with E-state index in [1.165, 1.54) is 4.46 Å². The molecule has 0 saturated heterocycles. The van der Waals surface area contributed by atoms with Crippen molar-refractivity contribution in [1.29, 1.82) is 0 Å². The summed E-state index contributed by atoms with van der Waals surface area (Å²) in [5.74, 6) is 0.121. The molecular weight excluding hydrogens is 371 g/mol. The Kier molecular flexibility index (Phi) is 7.10. The van der Waals surface area contributed by atoms with Crippen molar-refractivity contribution >= 4 is 29.3 Å². The van der Waals surface area contributed by atoms with E-state index in [-0.39, 0.29) is 20.7 Å². The quantitative estimate of drug-likeness (QED) is 0.508. The molecule has 0 aromatic heterocycles. The summed E-state index contributed by atoms with van der Waals surface area (Å²) in [6.45, 7) is 2.15. The molecule has 4 heteroatoms. The minimum absolute atomic E-state index is 0.0524. The fourth-order valence-electron chi connectivity index (χ4n) is 2.14. The molecule has 2 rings (SSSR count). The summed E-state index contributed by atoms with van der Waals surface area (Å²) in [6, 6.07) is 18.9. The molecule has 0 bridgehead atoms. The molecule has 2 nitrogen and oxygen atoms in total. The van der Waals surface area contributed by atoms with Gasteiger partial charge in [0.2, 0.25) is 0 Å². The summed E-state index contributed by atoms with van der Waals surface area (Å²) < 4.78 is 27.5. The standard InChI is InChI=1S/C19H22O2SSe/c1-2-3-6-15-19(23-18-13-9-5-10-14-18)16-22(20,21)17-11-7-4-8-12-17/h4-5,7-15H,2-3,6,16H2,1H3/b19-15+.